The molecule has 29 heavy (non-hydrogen) atoms. The average molecular weight is 442 g/mol. The molecule has 0 radical (unpaired) electrons. The Kier molecular flexibility index (Phi) is 5.64. The van der Waals surface area contributed by atoms with Gasteiger partial charge in [-0.25, -0.2) is 9.66 Å². The van der Waals surface area contributed by atoms with E-state index in [9.17, 15) is 27.4 Å². The van der Waals surface area contributed by atoms with Crippen LogP contribution in [0.1, 0.15) is 18.1 Å². The summed E-state index contributed by atoms with van der Waals surface area (Å²) in [7, 11) is -1.88. The van der Waals surface area contributed by atoms with Crippen LogP contribution in [0.2, 0.25) is 5.02 Å². The molecular formula is C18H13ClF3N4O2S+. The standard InChI is InChI=1S/C18H12ClF3N4O2S/c1-2-29(28)16-7-13(19)10(8-23)5-15(16)25-26-9-24-14-4-3-11(18(20,21)22)6-12(14)17(26)27/h3-7,9,25H,2H2,1H3/p+1. The van der Waals surface area contributed by atoms with E-state index in [1.807, 2.05) is 6.07 Å². The van der Waals surface area contributed by atoms with E-state index in [4.69, 9.17) is 11.6 Å². The van der Waals surface area contributed by atoms with E-state index in [0.29, 0.717) is 0 Å². The van der Waals surface area contributed by atoms with Gasteiger partial charge in [-0.3, -0.25) is 10.2 Å². The first-order valence-corrected chi connectivity index (χ1v) is 10.0. The number of thiol groups is 1. The topological polar surface area (TPSA) is 87.8 Å². The van der Waals surface area contributed by atoms with Crippen LogP contribution in [0.15, 0.2) is 46.3 Å². The van der Waals surface area contributed by atoms with Gasteiger partial charge < -0.3 is 0 Å². The molecule has 3 rings (SSSR count). The number of nitriles is 1. The zero-order valence-corrected chi connectivity index (χ0v) is 16.4. The maximum atomic E-state index is 13.0. The molecule has 0 bridgehead atoms. The molecule has 0 amide bonds. The van der Waals surface area contributed by atoms with E-state index in [0.717, 1.165) is 29.2 Å². The fourth-order valence-electron chi connectivity index (χ4n) is 2.62. The number of aromatic nitrogens is 2. The maximum absolute atomic E-state index is 13.0. The van der Waals surface area contributed by atoms with Crippen molar-refractivity contribution in [3.8, 4) is 6.07 Å². The second-order valence-corrected chi connectivity index (χ2v) is 8.20. The number of fused-ring (bicyclic) bond motifs is 1. The summed E-state index contributed by atoms with van der Waals surface area (Å²) in [4.78, 5) is 17.0. The predicted octanol–water partition coefficient (Wildman–Crippen LogP) is 3.89. The minimum atomic E-state index is -4.61. The van der Waals surface area contributed by atoms with Crippen LogP contribution in [0.4, 0.5) is 18.9 Å². The fourth-order valence-corrected chi connectivity index (χ4v) is 3.90. The van der Waals surface area contributed by atoms with Crippen molar-refractivity contribution in [2.24, 2.45) is 0 Å². The zero-order valence-electron chi connectivity index (χ0n) is 14.8. The Morgan fingerprint density at radius 2 is 2.03 bits per heavy atom. The van der Waals surface area contributed by atoms with Gasteiger partial charge in [-0.2, -0.15) is 18.4 Å². The van der Waals surface area contributed by atoms with Crippen LogP contribution < -0.4 is 11.0 Å². The molecule has 1 atom stereocenters. The number of hydrogen-bond acceptors (Lipinski definition) is 5. The van der Waals surface area contributed by atoms with Crippen molar-refractivity contribution >= 4 is 39.0 Å². The third-order valence-electron chi connectivity index (χ3n) is 4.09. The van der Waals surface area contributed by atoms with Gasteiger partial charge in [-0.1, -0.05) is 11.6 Å². The number of nitrogens with one attached hydrogen (secondary N) is 1. The van der Waals surface area contributed by atoms with Gasteiger partial charge in [0.25, 0.3) is 5.56 Å². The van der Waals surface area contributed by atoms with Crippen LogP contribution in [-0.2, 0) is 21.2 Å². The number of anilines is 1. The molecule has 150 valence electrons. The number of alkyl halides is 3. The van der Waals surface area contributed by atoms with Crippen molar-refractivity contribution in [2.75, 3.05) is 11.2 Å². The summed E-state index contributed by atoms with van der Waals surface area (Å²) in [5.74, 6) is 0.284. The van der Waals surface area contributed by atoms with E-state index >= 15 is 0 Å². The van der Waals surface area contributed by atoms with Crippen molar-refractivity contribution < 1.29 is 17.4 Å². The van der Waals surface area contributed by atoms with E-state index in [1.54, 1.807) is 6.92 Å². The summed E-state index contributed by atoms with van der Waals surface area (Å²) in [6, 6.07) is 7.24. The third kappa shape index (κ3) is 4.11. The number of benzene rings is 2. The first kappa shape index (κ1) is 20.8. The lowest BCUT2D eigenvalue weighted by Crippen LogP contribution is -2.27. The number of halogens is 4. The summed E-state index contributed by atoms with van der Waals surface area (Å²) >= 11 is 6.01. The monoisotopic (exact) mass is 441 g/mol. The van der Waals surface area contributed by atoms with Crippen molar-refractivity contribution in [2.45, 2.75) is 18.0 Å². The third-order valence-corrected chi connectivity index (χ3v) is 5.88. The fraction of sp³-hybridized carbons (Fsp3) is 0.167. The van der Waals surface area contributed by atoms with Gasteiger partial charge in [-0.05, 0) is 31.2 Å². The Labute approximate surface area is 170 Å². The van der Waals surface area contributed by atoms with Crippen LogP contribution in [0.5, 0.6) is 0 Å². The molecule has 0 saturated heterocycles. The van der Waals surface area contributed by atoms with Crippen LogP contribution in [0, 0.1) is 11.3 Å². The van der Waals surface area contributed by atoms with Gasteiger partial charge in [-0.15, -0.1) is 4.21 Å². The largest absolute Gasteiger partial charge is 0.416 e. The molecular weight excluding hydrogens is 429 g/mol. The van der Waals surface area contributed by atoms with E-state index < -0.39 is 28.1 Å². The summed E-state index contributed by atoms with van der Waals surface area (Å²) in [6.45, 7) is 1.69. The summed E-state index contributed by atoms with van der Waals surface area (Å²) in [5, 5.41) is 9.03. The van der Waals surface area contributed by atoms with Gasteiger partial charge in [0.15, 0.2) is 4.90 Å². The summed E-state index contributed by atoms with van der Waals surface area (Å²) in [5.41, 5.74) is 1.26. The molecule has 0 aliphatic rings. The molecule has 1 heterocycles. The minimum absolute atomic E-state index is 0.0820. The van der Waals surface area contributed by atoms with Gasteiger partial charge in [0, 0.05) is 6.07 Å². The molecule has 1 aromatic heterocycles. The van der Waals surface area contributed by atoms with Crippen LogP contribution >= 0.6 is 11.6 Å². The molecule has 1 unspecified atom stereocenters. The van der Waals surface area contributed by atoms with Crippen molar-refractivity contribution in [1.29, 1.82) is 5.26 Å². The molecule has 3 aromatic rings. The number of rotatable bonds is 4. The van der Waals surface area contributed by atoms with Crippen LogP contribution in [-0.4, -0.2) is 15.4 Å². The Bertz CT molecular complexity index is 1230. The number of hydrogen-bond donors (Lipinski definition) is 1. The zero-order chi connectivity index (χ0) is 21.3. The van der Waals surface area contributed by atoms with E-state index in [1.165, 1.54) is 12.1 Å². The normalized spacial score (nSPS) is 12.6. The van der Waals surface area contributed by atoms with E-state index in [-0.39, 0.29) is 37.8 Å². The molecule has 0 fully saturated rings. The summed E-state index contributed by atoms with van der Waals surface area (Å²) in [6.07, 6.45) is -3.51. The molecule has 0 aliphatic heterocycles. The molecule has 0 spiro atoms. The molecule has 1 N–H and O–H groups in total. The van der Waals surface area contributed by atoms with Crippen LogP contribution in [0.25, 0.3) is 10.9 Å². The molecule has 2 aromatic carbocycles. The molecule has 0 saturated carbocycles. The molecule has 11 heteroatoms. The lowest BCUT2D eigenvalue weighted by atomic mass is 10.1. The lowest BCUT2D eigenvalue weighted by Gasteiger charge is -2.13. The SMILES string of the molecule is CC[SH+](=O)c1cc(Cl)c(C#N)cc1Nn1cnc2ccc(C(F)(F)F)cc2c1=O. The smallest absolute Gasteiger partial charge is 0.285 e. The van der Waals surface area contributed by atoms with Crippen molar-refractivity contribution in [3.63, 3.8) is 0 Å². The number of nitrogens with zero attached hydrogens (tertiary/aromatic N) is 3. The van der Waals surface area contributed by atoms with Crippen LogP contribution in [0.3, 0.4) is 0 Å². The lowest BCUT2D eigenvalue weighted by molar-refractivity contribution is -0.137. The van der Waals surface area contributed by atoms with Gasteiger partial charge in [0.05, 0.1) is 27.1 Å². The first-order chi connectivity index (χ1) is 13.7. The second-order valence-electron chi connectivity index (χ2n) is 5.92. The highest BCUT2D eigenvalue weighted by Gasteiger charge is 2.31. The Morgan fingerprint density at radius 1 is 1.31 bits per heavy atom. The average Bonchev–Trinajstić information content (AvgIpc) is 2.69. The highest BCUT2D eigenvalue weighted by molar-refractivity contribution is 7.85. The minimum Gasteiger partial charge on any atom is -0.285 e. The second kappa shape index (κ2) is 7.85. The van der Waals surface area contributed by atoms with E-state index in [2.05, 4.69) is 10.4 Å². The quantitative estimate of drug-likeness (QED) is 0.490. The van der Waals surface area contributed by atoms with Crippen molar-refractivity contribution in [1.82, 2.24) is 9.66 Å². The highest BCUT2D eigenvalue weighted by Crippen LogP contribution is 2.31. The maximum Gasteiger partial charge on any atom is 0.416 e. The Hall–Kier alpha value is -2.90. The molecule has 6 nitrogen and oxygen atoms in total. The molecule has 0 aliphatic carbocycles. The van der Waals surface area contributed by atoms with Gasteiger partial charge in [0.2, 0.25) is 0 Å². The first-order valence-electron chi connectivity index (χ1n) is 8.19. The predicted molar refractivity (Wildman–Crippen MR) is 104 cm³/mol. The Balaban J connectivity index is 2.16. The summed E-state index contributed by atoms with van der Waals surface area (Å²) < 4.78 is 52.2. The Morgan fingerprint density at radius 3 is 2.66 bits per heavy atom. The highest BCUT2D eigenvalue weighted by atomic mass is 35.5. The van der Waals surface area contributed by atoms with Gasteiger partial charge >= 0.3 is 6.18 Å². The van der Waals surface area contributed by atoms with Crippen molar-refractivity contribution in [3.05, 3.63) is 63.2 Å². The van der Waals surface area contributed by atoms with Gasteiger partial charge in [0.1, 0.15) is 34.6 Å².